The number of rotatable bonds is 4. The highest BCUT2D eigenvalue weighted by Crippen LogP contribution is 2.32. The molecule has 0 radical (unpaired) electrons. The van der Waals surface area contributed by atoms with Gasteiger partial charge in [0.1, 0.15) is 11.4 Å². The summed E-state index contributed by atoms with van der Waals surface area (Å²) in [4.78, 5) is 6.52. The molecule has 9 heteroatoms. The van der Waals surface area contributed by atoms with Crippen LogP contribution in [0.4, 0.5) is 10.3 Å². The van der Waals surface area contributed by atoms with Gasteiger partial charge in [-0.3, -0.25) is 5.10 Å². The summed E-state index contributed by atoms with van der Waals surface area (Å²) in [7, 11) is 0. The van der Waals surface area contributed by atoms with Crippen molar-refractivity contribution in [3.63, 3.8) is 0 Å². The zero-order valence-corrected chi connectivity index (χ0v) is 14.9. The van der Waals surface area contributed by atoms with E-state index >= 15 is 0 Å². The molecule has 3 N–H and O–H groups in total. The minimum Gasteiger partial charge on any atom is -0.507 e. The lowest BCUT2D eigenvalue weighted by Crippen LogP contribution is -2.51. The largest absolute Gasteiger partial charge is 0.507 e. The topological polar surface area (TPSA) is 103 Å². The number of hydrogen-bond acceptors (Lipinski definition) is 7. The summed E-state index contributed by atoms with van der Waals surface area (Å²) in [6.45, 7) is 4.70. The van der Waals surface area contributed by atoms with Gasteiger partial charge in [0.25, 0.3) is 0 Å². The molecule has 1 atom stereocenters. The Balaban J connectivity index is 1.56. The third-order valence-electron chi connectivity index (χ3n) is 4.76. The number of phenolic OH excluding ortho intramolecular Hbond substituents is 1. The SMILES string of the molecule is CC[C@H]1CN(c2ncc(-c3ccc(-c4c[nH]nc4F)cc3O)nn2)CCN1. The summed E-state index contributed by atoms with van der Waals surface area (Å²) < 4.78 is 13.6. The summed E-state index contributed by atoms with van der Waals surface area (Å²) in [5.74, 6) is -0.0604. The van der Waals surface area contributed by atoms with Crippen LogP contribution < -0.4 is 10.2 Å². The number of halogens is 1. The fourth-order valence-corrected chi connectivity index (χ4v) is 3.21. The molecule has 0 aliphatic carbocycles. The molecular formula is C18H20FN7O. The Morgan fingerprint density at radius 2 is 2.19 bits per heavy atom. The molecule has 1 aliphatic heterocycles. The molecule has 1 aromatic carbocycles. The van der Waals surface area contributed by atoms with Crippen molar-refractivity contribution in [2.75, 3.05) is 24.5 Å². The number of phenols is 1. The molecule has 1 aliphatic rings. The van der Waals surface area contributed by atoms with Crippen molar-refractivity contribution in [2.45, 2.75) is 19.4 Å². The zero-order valence-electron chi connectivity index (χ0n) is 14.9. The van der Waals surface area contributed by atoms with E-state index in [1.54, 1.807) is 18.3 Å². The number of piperazine rings is 1. The average molecular weight is 369 g/mol. The molecule has 1 fully saturated rings. The Kier molecular flexibility index (Phi) is 4.68. The van der Waals surface area contributed by atoms with Crippen LogP contribution in [-0.4, -0.2) is 56.2 Å². The van der Waals surface area contributed by atoms with Crippen molar-refractivity contribution in [1.82, 2.24) is 30.7 Å². The first-order chi connectivity index (χ1) is 13.2. The van der Waals surface area contributed by atoms with Crippen LogP contribution in [0.1, 0.15) is 13.3 Å². The lowest BCUT2D eigenvalue weighted by Gasteiger charge is -2.32. The number of aromatic nitrogens is 5. The van der Waals surface area contributed by atoms with Gasteiger partial charge in [0.05, 0.1) is 11.8 Å². The molecule has 8 nitrogen and oxygen atoms in total. The van der Waals surface area contributed by atoms with Crippen molar-refractivity contribution >= 4 is 5.95 Å². The molecule has 4 rings (SSSR count). The number of benzene rings is 1. The molecule has 3 aromatic rings. The van der Waals surface area contributed by atoms with Crippen LogP contribution >= 0.6 is 0 Å². The standard InChI is InChI=1S/C18H20FN7O/c1-2-12-10-26(6-5-20-12)18-21-9-15(23-25-18)13-4-3-11(7-16(13)27)14-8-22-24-17(14)19/h3-4,7-9,12,20,27H,2,5-6,10H2,1H3,(H,22,24)/t12-/m0/s1. The Labute approximate surface area is 155 Å². The first kappa shape index (κ1) is 17.3. The van der Waals surface area contributed by atoms with Crippen LogP contribution in [0.5, 0.6) is 5.75 Å². The number of H-pyrrole nitrogens is 1. The van der Waals surface area contributed by atoms with Gasteiger partial charge in [-0.05, 0) is 24.1 Å². The Morgan fingerprint density at radius 3 is 2.85 bits per heavy atom. The van der Waals surface area contributed by atoms with E-state index in [1.165, 1.54) is 12.3 Å². The molecule has 0 bridgehead atoms. The lowest BCUT2D eigenvalue weighted by molar-refractivity contribution is 0.442. The van der Waals surface area contributed by atoms with E-state index in [0.717, 1.165) is 26.1 Å². The smallest absolute Gasteiger partial charge is 0.245 e. The van der Waals surface area contributed by atoms with Crippen molar-refractivity contribution < 1.29 is 9.50 Å². The summed E-state index contributed by atoms with van der Waals surface area (Å²) >= 11 is 0. The Bertz CT molecular complexity index is 928. The van der Waals surface area contributed by atoms with Gasteiger partial charge in [-0.25, -0.2) is 4.98 Å². The second kappa shape index (κ2) is 7.28. The molecule has 2 aromatic heterocycles. The van der Waals surface area contributed by atoms with Crippen LogP contribution in [0.3, 0.4) is 0 Å². The van der Waals surface area contributed by atoms with Gasteiger partial charge >= 0.3 is 0 Å². The van der Waals surface area contributed by atoms with Crippen molar-refractivity contribution in [3.05, 3.63) is 36.5 Å². The fraction of sp³-hybridized carbons (Fsp3) is 0.333. The lowest BCUT2D eigenvalue weighted by atomic mass is 10.0. The van der Waals surface area contributed by atoms with Crippen LogP contribution in [0, 0.1) is 5.95 Å². The van der Waals surface area contributed by atoms with Crippen LogP contribution in [0.2, 0.25) is 0 Å². The number of anilines is 1. The van der Waals surface area contributed by atoms with Gasteiger partial charge in [0, 0.05) is 37.4 Å². The highest BCUT2D eigenvalue weighted by Gasteiger charge is 2.20. The minimum absolute atomic E-state index is 0.0230. The predicted molar refractivity (Wildman–Crippen MR) is 98.8 cm³/mol. The molecule has 1 saturated heterocycles. The van der Waals surface area contributed by atoms with Gasteiger partial charge in [-0.2, -0.15) is 4.39 Å². The first-order valence-corrected chi connectivity index (χ1v) is 8.86. The normalized spacial score (nSPS) is 17.3. The number of aromatic amines is 1. The van der Waals surface area contributed by atoms with E-state index in [9.17, 15) is 9.50 Å². The van der Waals surface area contributed by atoms with E-state index in [1.807, 2.05) is 0 Å². The number of hydrogen-bond donors (Lipinski definition) is 3. The minimum atomic E-state index is -0.616. The van der Waals surface area contributed by atoms with Gasteiger partial charge in [-0.15, -0.1) is 15.3 Å². The summed E-state index contributed by atoms with van der Waals surface area (Å²) in [6, 6.07) is 5.25. The molecule has 0 saturated carbocycles. The van der Waals surface area contributed by atoms with Crippen LogP contribution in [0.25, 0.3) is 22.4 Å². The van der Waals surface area contributed by atoms with E-state index in [2.05, 4.69) is 42.5 Å². The van der Waals surface area contributed by atoms with Crippen molar-refractivity contribution in [3.8, 4) is 28.1 Å². The monoisotopic (exact) mass is 369 g/mol. The summed E-state index contributed by atoms with van der Waals surface area (Å²) in [6.07, 6.45) is 4.08. The molecule has 0 spiro atoms. The van der Waals surface area contributed by atoms with Crippen molar-refractivity contribution in [2.24, 2.45) is 0 Å². The van der Waals surface area contributed by atoms with E-state index in [4.69, 9.17) is 0 Å². The highest BCUT2D eigenvalue weighted by molar-refractivity contribution is 5.73. The molecular weight excluding hydrogens is 349 g/mol. The number of aromatic hydroxyl groups is 1. The third-order valence-corrected chi connectivity index (χ3v) is 4.76. The maximum atomic E-state index is 13.6. The molecule has 3 heterocycles. The Hall–Kier alpha value is -3.07. The van der Waals surface area contributed by atoms with Gasteiger partial charge in [0.15, 0.2) is 0 Å². The summed E-state index contributed by atoms with van der Waals surface area (Å²) in [5, 5.41) is 28.2. The molecule has 0 unspecified atom stereocenters. The van der Waals surface area contributed by atoms with Crippen LogP contribution in [0.15, 0.2) is 30.6 Å². The maximum Gasteiger partial charge on any atom is 0.245 e. The Morgan fingerprint density at radius 1 is 1.30 bits per heavy atom. The molecule has 27 heavy (non-hydrogen) atoms. The van der Waals surface area contributed by atoms with Gasteiger partial charge < -0.3 is 15.3 Å². The number of nitrogens with one attached hydrogen (secondary N) is 2. The van der Waals surface area contributed by atoms with Crippen molar-refractivity contribution in [1.29, 1.82) is 0 Å². The third kappa shape index (κ3) is 3.45. The predicted octanol–water partition coefficient (Wildman–Crippen LogP) is 1.96. The quantitative estimate of drug-likeness (QED) is 0.646. The van der Waals surface area contributed by atoms with Gasteiger partial charge in [-0.1, -0.05) is 13.0 Å². The van der Waals surface area contributed by atoms with E-state index < -0.39 is 5.95 Å². The van der Waals surface area contributed by atoms with E-state index in [0.29, 0.717) is 34.4 Å². The fourth-order valence-electron chi connectivity index (χ4n) is 3.21. The second-order valence-electron chi connectivity index (χ2n) is 6.47. The molecule has 0 amide bonds. The van der Waals surface area contributed by atoms with Gasteiger partial charge in [0.2, 0.25) is 11.9 Å². The maximum absolute atomic E-state index is 13.6. The van der Waals surface area contributed by atoms with Crippen LogP contribution in [-0.2, 0) is 0 Å². The average Bonchev–Trinajstić information content (AvgIpc) is 3.14. The first-order valence-electron chi connectivity index (χ1n) is 8.86. The van der Waals surface area contributed by atoms with E-state index in [-0.39, 0.29) is 5.75 Å². The summed E-state index contributed by atoms with van der Waals surface area (Å²) in [5.41, 5.74) is 1.76. The number of nitrogens with zero attached hydrogens (tertiary/aromatic N) is 5. The highest BCUT2D eigenvalue weighted by atomic mass is 19.1. The zero-order chi connectivity index (χ0) is 18.8. The molecule has 140 valence electrons. The second-order valence-corrected chi connectivity index (χ2v) is 6.47.